The molecule has 1 heterocycles. The molecule has 0 bridgehead atoms. The first kappa shape index (κ1) is 12.0. The predicted molar refractivity (Wildman–Crippen MR) is 62.3 cm³/mol. The van der Waals surface area contributed by atoms with Crippen molar-refractivity contribution in [3.05, 3.63) is 5.28 Å². The summed E-state index contributed by atoms with van der Waals surface area (Å²) in [5, 5.41) is 6.12. The Labute approximate surface area is 94.7 Å². The third kappa shape index (κ3) is 4.29. The zero-order valence-electron chi connectivity index (χ0n) is 9.21. The lowest BCUT2D eigenvalue weighted by atomic mass is 10.1. The van der Waals surface area contributed by atoms with Gasteiger partial charge in [-0.2, -0.15) is 15.0 Å². The molecule has 0 aromatic carbocycles. The van der Waals surface area contributed by atoms with Gasteiger partial charge in [0.25, 0.3) is 0 Å². The fourth-order valence-corrected chi connectivity index (χ4v) is 1.17. The van der Waals surface area contributed by atoms with Crippen LogP contribution in [-0.2, 0) is 0 Å². The van der Waals surface area contributed by atoms with E-state index in [1.54, 1.807) is 7.05 Å². The van der Waals surface area contributed by atoms with Gasteiger partial charge in [0.1, 0.15) is 0 Å². The monoisotopic (exact) mass is 229 g/mol. The van der Waals surface area contributed by atoms with Gasteiger partial charge in [0, 0.05) is 13.6 Å². The first-order chi connectivity index (χ1) is 7.11. The second-order valence-electron chi connectivity index (χ2n) is 3.61. The maximum absolute atomic E-state index is 5.73. The van der Waals surface area contributed by atoms with E-state index in [1.165, 1.54) is 0 Å². The molecule has 0 amide bonds. The summed E-state index contributed by atoms with van der Waals surface area (Å²) in [5.74, 6) is 1.64. The highest BCUT2D eigenvalue weighted by atomic mass is 35.5. The van der Waals surface area contributed by atoms with Crippen LogP contribution in [0.3, 0.4) is 0 Å². The molecule has 1 rings (SSSR count). The maximum Gasteiger partial charge on any atom is 0.228 e. The maximum atomic E-state index is 5.73. The number of nitrogens with one attached hydrogen (secondary N) is 2. The van der Waals surface area contributed by atoms with E-state index < -0.39 is 0 Å². The van der Waals surface area contributed by atoms with Gasteiger partial charge in [-0.25, -0.2) is 0 Å². The number of nitrogens with zero attached hydrogens (tertiary/aromatic N) is 3. The lowest BCUT2D eigenvalue weighted by molar-refractivity contribution is 0.606. The van der Waals surface area contributed by atoms with Crippen molar-refractivity contribution in [2.24, 2.45) is 5.92 Å². The molecule has 1 aromatic heterocycles. The molecule has 0 spiro atoms. The lowest BCUT2D eigenvalue weighted by Gasteiger charge is -2.07. The normalized spacial score (nSPS) is 10.5. The summed E-state index contributed by atoms with van der Waals surface area (Å²) >= 11 is 5.73. The number of rotatable bonds is 5. The van der Waals surface area contributed by atoms with Crippen LogP contribution in [0.25, 0.3) is 0 Å². The Kier molecular flexibility index (Phi) is 4.55. The summed E-state index contributed by atoms with van der Waals surface area (Å²) in [6.45, 7) is 5.17. The van der Waals surface area contributed by atoms with Gasteiger partial charge in [-0.3, -0.25) is 0 Å². The quantitative estimate of drug-likeness (QED) is 0.809. The third-order valence-electron chi connectivity index (χ3n) is 1.84. The van der Waals surface area contributed by atoms with Gasteiger partial charge in [0.2, 0.25) is 17.2 Å². The van der Waals surface area contributed by atoms with Crippen LogP contribution in [0.1, 0.15) is 20.3 Å². The summed E-state index contributed by atoms with van der Waals surface area (Å²) in [5.41, 5.74) is 0. The molecule has 0 aliphatic heterocycles. The highest BCUT2D eigenvalue weighted by Crippen LogP contribution is 2.09. The van der Waals surface area contributed by atoms with Gasteiger partial charge in [-0.15, -0.1) is 0 Å². The summed E-state index contributed by atoms with van der Waals surface area (Å²) < 4.78 is 0. The largest absolute Gasteiger partial charge is 0.357 e. The Balaban J connectivity index is 2.56. The molecule has 0 atom stereocenters. The Morgan fingerprint density at radius 3 is 2.47 bits per heavy atom. The second-order valence-corrected chi connectivity index (χ2v) is 3.95. The van der Waals surface area contributed by atoms with Crippen LogP contribution in [0.4, 0.5) is 11.9 Å². The van der Waals surface area contributed by atoms with Crippen LogP contribution in [0, 0.1) is 5.92 Å². The van der Waals surface area contributed by atoms with Crippen molar-refractivity contribution in [3.63, 3.8) is 0 Å². The van der Waals surface area contributed by atoms with E-state index >= 15 is 0 Å². The van der Waals surface area contributed by atoms with Crippen LogP contribution in [0.15, 0.2) is 0 Å². The summed E-state index contributed by atoms with van der Waals surface area (Å²) in [7, 11) is 1.74. The van der Waals surface area contributed by atoms with Crippen molar-refractivity contribution in [2.45, 2.75) is 20.3 Å². The molecule has 1 aromatic rings. The average Bonchev–Trinajstić information content (AvgIpc) is 2.16. The fraction of sp³-hybridized carbons (Fsp3) is 0.667. The van der Waals surface area contributed by atoms with E-state index in [1.807, 2.05) is 0 Å². The average molecular weight is 230 g/mol. The number of hydrogen-bond acceptors (Lipinski definition) is 5. The molecule has 0 radical (unpaired) electrons. The van der Waals surface area contributed by atoms with E-state index in [9.17, 15) is 0 Å². The predicted octanol–water partition coefficient (Wildman–Crippen LogP) is 2.02. The topological polar surface area (TPSA) is 62.7 Å². The van der Waals surface area contributed by atoms with E-state index in [-0.39, 0.29) is 5.28 Å². The number of anilines is 2. The van der Waals surface area contributed by atoms with E-state index in [4.69, 9.17) is 11.6 Å². The highest BCUT2D eigenvalue weighted by molar-refractivity contribution is 6.28. The molecular formula is C9H16ClN5. The molecular weight excluding hydrogens is 214 g/mol. The van der Waals surface area contributed by atoms with Crippen molar-refractivity contribution in [3.8, 4) is 0 Å². The molecule has 0 fully saturated rings. The van der Waals surface area contributed by atoms with Gasteiger partial charge in [-0.05, 0) is 23.9 Å². The molecule has 2 N–H and O–H groups in total. The van der Waals surface area contributed by atoms with Crippen molar-refractivity contribution in [1.82, 2.24) is 15.0 Å². The van der Waals surface area contributed by atoms with Gasteiger partial charge >= 0.3 is 0 Å². The van der Waals surface area contributed by atoms with E-state index in [0.717, 1.165) is 13.0 Å². The first-order valence-electron chi connectivity index (χ1n) is 4.95. The van der Waals surface area contributed by atoms with E-state index in [2.05, 4.69) is 39.4 Å². The third-order valence-corrected chi connectivity index (χ3v) is 2.01. The van der Waals surface area contributed by atoms with Crippen molar-refractivity contribution in [2.75, 3.05) is 24.2 Å². The SMILES string of the molecule is CNc1nc(Cl)nc(NCCC(C)C)n1. The van der Waals surface area contributed by atoms with Crippen LogP contribution >= 0.6 is 11.6 Å². The Hall–Kier alpha value is -1.10. The molecule has 0 saturated carbocycles. The molecule has 84 valence electrons. The summed E-state index contributed by atoms with van der Waals surface area (Å²) in [6, 6.07) is 0. The molecule has 0 unspecified atom stereocenters. The van der Waals surface area contributed by atoms with Gasteiger partial charge in [-0.1, -0.05) is 13.8 Å². The molecule has 6 heteroatoms. The van der Waals surface area contributed by atoms with Crippen molar-refractivity contribution < 1.29 is 0 Å². The minimum atomic E-state index is 0.196. The zero-order valence-corrected chi connectivity index (χ0v) is 9.97. The Morgan fingerprint density at radius 2 is 1.87 bits per heavy atom. The minimum absolute atomic E-state index is 0.196. The smallest absolute Gasteiger partial charge is 0.228 e. The molecule has 5 nitrogen and oxygen atoms in total. The Bertz CT molecular complexity index is 315. The number of hydrogen-bond donors (Lipinski definition) is 2. The van der Waals surface area contributed by atoms with Crippen molar-refractivity contribution in [1.29, 1.82) is 0 Å². The zero-order chi connectivity index (χ0) is 11.3. The summed E-state index contributed by atoms with van der Waals surface area (Å²) in [6.07, 6.45) is 1.07. The van der Waals surface area contributed by atoms with Crippen LogP contribution in [0.2, 0.25) is 5.28 Å². The van der Waals surface area contributed by atoms with Crippen LogP contribution < -0.4 is 10.6 Å². The first-order valence-corrected chi connectivity index (χ1v) is 5.33. The van der Waals surface area contributed by atoms with Crippen LogP contribution in [0.5, 0.6) is 0 Å². The molecule has 0 aliphatic rings. The lowest BCUT2D eigenvalue weighted by Crippen LogP contribution is -2.10. The standard InChI is InChI=1S/C9H16ClN5/c1-6(2)4-5-12-9-14-7(10)13-8(11-3)15-9/h6H,4-5H2,1-3H3,(H2,11,12,13,14,15). The van der Waals surface area contributed by atoms with Gasteiger partial charge in [0.15, 0.2) is 0 Å². The minimum Gasteiger partial charge on any atom is -0.357 e. The molecule has 0 saturated heterocycles. The summed E-state index contributed by atoms with van der Waals surface area (Å²) in [4.78, 5) is 12.0. The number of aromatic nitrogens is 3. The molecule has 0 aliphatic carbocycles. The van der Waals surface area contributed by atoms with Gasteiger partial charge in [0.05, 0.1) is 0 Å². The second kappa shape index (κ2) is 5.70. The van der Waals surface area contributed by atoms with Crippen LogP contribution in [-0.4, -0.2) is 28.5 Å². The van der Waals surface area contributed by atoms with Crippen molar-refractivity contribution >= 4 is 23.5 Å². The Morgan fingerprint density at radius 1 is 1.20 bits per heavy atom. The fourth-order valence-electron chi connectivity index (χ4n) is 1.01. The number of halogens is 1. The molecule has 15 heavy (non-hydrogen) atoms. The highest BCUT2D eigenvalue weighted by Gasteiger charge is 2.03. The van der Waals surface area contributed by atoms with Gasteiger partial charge < -0.3 is 10.6 Å². The van der Waals surface area contributed by atoms with E-state index in [0.29, 0.717) is 17.8 Å².